The summed E-state index contributed by atoms with van der Waals surface area (Å²) >= 11 is 0. The number of benzene rings is 2. The summed E-state index contributed by atoms with van der Waals surface area (Å²) in [5.41, 5.74) is 2.14. The molecule has 2 aromatic carbocycles. The van der Waals surface area contributed by atoms with Gasteiger partial charge in [-0.05, 0) is 49.4 Å². The van der Waals surface area contributed by atoms with Gasteiger partial charge in [0, 0.05) is 24.2 Å². The summed E-state index contributed by atoms with van der Waals surface area (Å²) in [4.78, 5) is 29.7. The van der Waals surface area contributed by atoms with Gasteiger partial charge in [-0.1, -0.05) is 44.0 Å². The van der Waals surface area contributed by atoms with Crippen LogP contribution in [0.25, 0.3) is 11.0 Å². The Morgan fingerprint density at radius 3 is 2.57 bits per heavy atom. The van der Waals surface area contributed by atoms with Gasteiger partial charge < -0.3 is 19.7 Å². The molecule has 0 bridgehead atoms. The highest BCUT2D eigenvalue weighted by atomic mass is 16.5. The molecule has 1 saturated carbocycles. The molecule has 1 heterocycles. The van der Waals surface area contributed by atoms with Gasteiger partial charge in [-0.15, -0.1) is 5.10 Å². The van der Waals surface area contributed by atoms with Gasteiger partial charge in [-0.25, -0.2) is 4.68 Å². The Morgan fingerprint density at radius 2 is 1.86 bits per heavy atom. The van der Waals surface area contributed by atoms with Gasteiger partial charge in [0.2, 0.25) is 11.8 Å². The van der Waals surface area contributed by atoms with Crippen molar-refractivity contribution in [3.05, 3.63) is 48.0 Å². The molecule has 1 aliphatic carbocycles. The quantitative estimate of drug-likeness (QED) is 0.419. The zero-order valence-corrected chi connectivity index (χ0v) is 22.1. The third-order valence-corrected chi connectivity index (χ3v) is 6.99. The Bertz CT molecular complexity index is 1220. The van der Waals surface area contributed by atoms with Crippen molar-refractivity contribution in [1.82, 2.24) is 25.2 Å². The molecule has 0 radical (unpaired) electrons. The van der Waals surface area contributed by atoms with E-state index in [0.717, 1.165) is 43.1 Å². The van der Waals surface area contributed by atoms with Crippen molar-refractivity contribution in [2.24, 2.45) is 5.92 Å². The molecular formula is C28H37N5O4. The van der Waals surface area contributed by atoms with E-state index in [0.29, 0.717) is 29.5 Å². The van der Waals surface area contributed by atoms with E-state index in [9.17, 15) is 9.59 Å². The van der Waals surface area contributed by atoms with E-state index >= 15 is 0 Å². The van der Waals surface area contributed by atoms with E-state index < -0.39 is 6.04 Å². The Labute approximate surface area is 218 Å². The van der Waals surface area contributed by atoms with Crippen LogP contribution in [0.4, 0.5) is 0 Å². The van der Waals surface area contributed by atoms with Crippen LogP contribution in [0.15, 0.2) is 42.5 Å². The van der Waals surface area contributed by atoms with E-state index in [2.05, 4.69) is 29.5 Å². The standard InChI is InChI=1S/C28H37N5O4/c1-19(2)15-16-29-28(35)27(22-14-13-21(36-3)17-25(22)37-4)33(20-9-5-6-10-20)26(34)18-32-24-12-8-7-11-23(24)30-31-32/h7-8,11-14,17,19-20,27H,5-6,9-10,15-16,18H2,1-4H3,(H,29,35). The first kappa shape index (κ1) is 26.4. The molecule has 9 heteroatoms. The van der Waals surface area contributed by atoms with Crippen molar-refractivity contribution in [3.63, 3.8) is 0 Å². The predicted octanol–water partition coefficient (Wildman–Crippen LogP) is 4.12. The van der Waals surface area contributed by atoms with E-state index in [1.54, 1.807) is 35.9 Å². The number of rotatable bonds is 11. The molecule has 0 aliphatic heterocycles. The first-order chi connectivity index (χ1) is 17.9. The molecular weight excluding hydrogens is 470 g/mol. The second-order valence-corrected chi connectivity index (χ2v) is 9.96. The summed E-state index contributed by atoms with van der Waals surface area (Å²) in [6.07, 6.45) is 4.57. The fraction of sp³-hybridized carbons (Fsp3) is 0.500. The highest BCUT2D eigenvalue weighted by Gasteiger charge is 2.39. The Hall–Kier alpha value is -3.62. The molecule has 1 fully saturated rings. The molecule has 1 aromatic heterocycles. The predicted molar refractivity (Wildman–Crippen MR) is 141 cm³/mol. The lowest BCUT2D eigenvalue weighted by molar-refractivity contribution is -0.144. The van der Waals surface area contributed by atoms with Crippen LogP contribution in [0.3, 0.4) is 0 Å². The van der Waals surface area contributed by atoms with E-state index in [1.807, 2.05) is 30.3 Å². The smallest absolute Gasteiger partial charge is 0.247 e. The number of hydrogen-bond donors (Lipinski definition) is 1. The largest absolute Gasteiger partial charge is 0.497 e. The summed E-state index contributed by atoms with van der Waals surface area (Å²) in [6.45, 7) is 4.76. The van der Waals surface area contributed by atoms with Gasteiger partial charge in [0.25, 0.3) is 0 Å². The highest BCUT2D eigenvalue weighted by molar-refractivity contribution is 5.90. The number of nitrogens with zero attached hydrogens (tertiary/aromatic N) is 4. The summed E-state index contributed by atoms with van der Waals surface area (Å²) in [7, 11) is 3.15. The van der Waals surface area contributed by atoms with Gasteiger partial charge >= 0.3 is 0 Å². The van der Waals surface area contributed by atoms with Crippen molar-refractivity contribution in [1.29, 1.82) is 0 Å². The van der Waals surface area contributed by atoms with Gasteiger partial charge in [0.1, 0.15) is 29.6 Å². The number of carbonyl (C=O) groups is 2. The van der Waals surface area contributed by atoms with Crippen LogP contribution < -0.4 is 14.8 Å². The zero-order valence-electron chi connectivity index (χ0n) is 22.1. The molecule has 0 spiro atoms. The van der Waals surface area contributed by atoms with Gasteiger partial charge in [-0.3, -0.25) is 9.59 Å². The third kappa shape index (κ3) is 6.03. The van der Waals surface area contributed by atoms with E-state index in [-0.39, 0.29) is 24.4 Å². The minimum Gasteiger partial charge on any atom is -0.497 e. The molecule has 1 aliphatic rings. The normalized spacial score (nSPS) is 14.6. The van der Waals surface area contributed by atoms with Crippen molar-refractivity contribution in [3.8, 4) is 11.5 Å². The number of amides is 2. The molecule has 37 heavy (non-hydrogen) atoms. The van der Waals surface area contributed by atoms with Gasteiger partial charge in [0.15, 0.2) is 0 Å². The molecule has 2 amide bonds. The molecule has 3 aromatic rings. The summed E-state index contributed by atoms with van der Waals surface area (Å²) < 4.78 is 12.7. The number of fused-ring (bicyclic) bond motifs is 1. The SMILES string of the molecule is COc1ccc(C(C(=O)NCCC(C)C)N(C(=O)Cn2nnc3ccccc32)C2CCCC2)c(OC)c1. The fourth-order valence-corrected chi connectivity index (χ4v) is 5.03. The zero-order chi connectivity index (χ0) is 26.4. The highest BCUT2D eigenvalue weighted by Crippen LogP contribution is 2.37. The average Bonchev–Trinajstić information content (AvgIpc) is 3.57. The topological polar surface area (TPSA) is 98.6 Å². The number of methoxy groups -OCH3 is 2. The molecule has 0 saturated heterocycles. The second-order valence-electron chi connectivity index (χ2n) is 9.96. The second kappa shape index (κ2) is 12.1. The molecule has 1 N–H and O–H groups in total. The Balaban J connectivity index is 1.74. The van der Waals surface area contributed by atoms with Crippen LogP contribution >= 0.6 is 0 Å². The van der Waals surface area contributed by atoms with Crippen LogP contribution in [0.2, 0.25) is 0 Å². The van der Waals surface area contributed by atoms with Crippen LogP contribution in [-0.4, -0.2) is 58.5 Å². The third-order valence-electron chi connectivity index (χ3n) is 6.99. The van der Waals surface area contributed by atoms with Crippen LogP contribution in [0.5, 0.6) is 11.5 Å². The van der Waals surface area contributed by atoms with Crippen molar-refractivity contribution in [2.45, 2.75) is 64.6 Å². The number of ether oxygens (including phenoxy) is 2. The number of hydrogen-bond acceptors (Lipinski definition) is 6. The lowest BCUT2D eigenvalue weighted by atomic mass is 9.99. The van der Waals surface area contributed by atoms with Gasteiger partial charge in [0.05, 0.1) is 19.7 Å². The molecule has 198 valence electrons. The van der Waals surface area contributed by atoms with Crippen molar-refractivity contribution in [2.75, 3.05) is 20.8 Å². The maximum absolute atomic E-state index is 14.1. The maximum atomic E-state index is 14.1. The first-order valence-electron chi connectivity index (χ1n) is 13.0. The summed E-state index contributed by atoms with van der Waals surface area (Å²) in [5.74, 6) is 1.18. The number of nitrogens with one attached hydrogen (secondary N) is 1. The van der Waals surface area contributed by atoms with Crippen LogP contribution in [0.1, 0.15) is 57.6 Å². The fourth-order valence-electron chi connectivity index (χ4n) is 5.03. The van der Waals surface area contributed by atoms with Crippen molar-refractivity contribution >= 4 is 22.8 Å². The maximum Gasteiger partial charge on any atom is 0.247 e. The Morgan fingerprint density at radius 1 is 1.11 bits per heavy atom. The average molecular weight is 508 g/mol. The number of carbonyl (C=O) groups excluding carboxylic acids is 2. The summed E-state index contributed by atoms with van der Waals surface area (Å²) in [6, 6.07) is 12.0. The monoisotopic (exact) mass is 507 g/mol. The first-order valence-corrected chi connectivity index (χ1v) is 13.0. The van der Waals surface area contributed by atoms with E-state index in [4.69, 9.17) is 9.47 Å². The number of para-hydroxylation sites is 1. The van der Waals surface area contributed by atoms with Crippen LogP contribution in [0, 0.1) is 5.92 Å². The van der Waals surface area contributed by atoms with Crippen molar-refractivity contribution < 1.29 is 19.1 Å². The minimum atomic E-state index is -0.849. The lowest BCUT2D eigenvalue weighted by Gasteiger charge is -2.36. The van der Waals surface area contributed by atoms with E-state index in [1.165, 1.54) is 0 Å². The Kier molecular flexibility index (Phi) is 8.63. The molecule has 1 unspecified atom stereocenters. The van der Waals surface area contributed by atoms with Gasteiger partial charge in [-0.2, -0.15) is 0 Å². The molecule has 1 atom stereocenters. The van der Waals surface area contributed by atoms with Crippen LogP contribution in [-0.2, 0) is 16.1 Å². The minimum absolute atomic E-state index is 0.00867. The lowest BCUT2D eigenvalue weighted by Crippen LogP contribution is -2.49. The number of aromatic nitrogens is 3. The molecule has 4 rings (SSSR count). The molecule has 9 nitrogen and oxygen atoms in total. The summed E-state index contributed by atoms with van der Waals surface area (Å²) in [5, 5.41) is 11.5.